The van der Waals surface area contributed by atoms with E-state index in [1.807, 2.05) is 0 Å². The zero-order valence-electron chi connectivity index (χ0n) is 20.2. The third-order valence-electron chi connectivity index (χ3n) is 5.04. The summed E-state index contributed by atoms with van der Waals surface area (Å²) >= 11 is 1.21. The van der Waals surface area contributed by atoms with Crippen LogP contribution in [0, 0.1) is 6.92 Å². The first kappa shape index (κ1) is 25.7. The number of nitrogens with one attached hydrogen (secondary N) is 4. The van der Waals surface area contributed by atoms with E-state index in [1.165, 1.54) is 17.5 Å². The quantitative estimate of drug-likeness (QED) is 0.239. The van der Waals surface area contributed by atoms with Crippen LogP contribution < -0.4 is 21.7 Å². The van der Waals surface area contributed by atoms with Crippen LogP contribution in [0.5, 0.6) is 0 Å². The number of hydrogen-bond donors (Lipinski definition) is 4. The number of methoxy groups -OCH3 is 1. The molecule has 0 aliphatic carbocycles. The van der Waals surface area contributed by atoms with E-state index >= 15 is 0 Å². The summed E-state index contributed by atoms with van der Waals surface area (Å²) < 4.78 is 10.0. The maximum Gasteiger partial charge on any atom is 0.434 e. The van der Waals surface area contributed by atoms with Gasteiger partial charge >= 0.3 is 11.8 Å². The van der Waals surface area contributed by atoms with E-state index in [9.17, 15) is 14.4 Å². The van der Waals surface area contributed by atoms with E-state index in [1.54, 1.807) is 45.5 Å². The van der Waals surface area contributed by atoms with Gasteiger partial charge in [-0.2, -0.15) is 0 Å². The largest absolute Gasteiger partial charge is 0.434 e. The van der Waals surface area contributed by atoms with Crippen LogP contribution in [-0.4, -0.2) is 63.9 Å². The summed E-state index contributed by atoms with van der Waals surface area (Å²) in [4.78, 5) is 49.9. The number of pyridine rings is 2. The van der Waals surface area contributed by atoms with Crippen molar-refractivity contribution in [2.75, 3.05) is 32.1 Å². The van der Waals surface area contributed by atoms with Gasteiger partial charge in [0.2, 0.25) is 0 Å². The first-order valence-corrected chi connectivity index (χ1v) is 12.0. The SMILES string of the molecule is CCNC(=O)Nc1cc(-c2nc(C)c(C(=O)NCCOC)s2)c(-c2cncc(-c3n[nH]c(=O)o3)c2)cn1. The van der Waals surface area contributed by atoms with E-state index < -0.39 is 11.8 Å². The van der Waals surface area contributed by atoms with Gasteiger partial charge in [0.1, 0.15) is 15.7 Å². The maximum atomic E-state index is 12.7. The second-order valence-corrected chi connectivity index (χ2v) is 8.66. The molecule has 4 heterocycles. The molecule has 0 spiro atoms. The van der Waals surface area contributed by atoms with Gasteiger partial charge in [0.05, 0.1) is 17.9 Å². The monoisotopic (exact) mass is 524 g/mol. The topological polar surface area (TPSA) is 177 Å². The predicted molar refractivity (Wildman–Crippen MR) is 136 cm³/mol. The lowest BCUT2D eigenvalue weighted by molar-refractivity contribution is 0.0940. The number of rotatable bonds is 9. The fourth-order valence-electron chi connectivity index (χ4n) is 3.38. The van der Waals surface area contributed by atoms with Crippen LogP contribution in [0.1, 0.15) is 22.3 Å². The number of anilines is 1. The van der Waals surface area contributed by atoms with E-state index in [4.69, 9.17) is 9.15 Å². The second kappa shape index (κ2) is 11.5. The lowest BCUT2D eigenvalue weighted by Gasteiger charge is -2.11. The van der Waals surface area contributed by atoms with Gasteiger partial charge in [-0.15, -0.1) is 16.4 Å². The highest BCUT2D eigenvalue weighted by atomic mass is 32.1. The summed E-state index contributed by atoms with van der Waals surface area (Å²) in [7, 11) is 1.56. The van der Waals surface area contributed by atoms with Crippen LogP contribution in [-0.2, 0) is 4.74 Å². The van der Waals surface area contributed by atoms with Crippen LogP contribution in [0.2, 0.25) is 0 Å². The van der Waals surface area contributed by atoms with Crippen LogP contribution in [0.15, 0.2) is 39.9 Å². The molecule has 0 radical (unpaired) electrons. The summed E-state index contributed by atoms with van der Waals surface area (Å²) in [6.45, 7) is 4.76. The van der Waals surface area contributed by atoms with E-state index in [2.05, 4.69) is 41.1 Å². The van der Waals surface area contributed by atoms with Gasteiger partial charge in [0, 0.05) is 55.5 Å². The van der Waals surface area contributed by atoms with E-state index in [0.29, 0.717) is 63.3 Å². The van der Waals surface area contributed by atoms with E-state index in [0.717, 1.165) is 0 Å². The molecule has 0 saturated carbocycles. The van der Waals surface area contributed by atoms with Crippen molar-refractivity contribution in [1.29, 1.82) is 0 Å². The molecular formula is C23H24N8O5S. The Labute approximate surface area is 214 Å². The molecule has 3 amide bonds. The van der Waals surface area contributed by atoms with Gasteiger partial charge in [-0.25, -0.2) is 24.7 Å². The smallest absolute Gasteiger partial charge is 0.388 e. The molecule has 0 atom stereocenters. The summed E-state index contributed by atoms with van der Waals surface area (Å²) in [5.41, 5.74) is 2.91. The number of thiazole rings is 1. The minimum atomic E-state index is -0.682. The van der Waals surface area contributed by atoms with Crippen molar-refractivity contribution in [3.63, 3.8) is 0 Å². The Morgan fingerprint density at radius 1 is 1.14 bits per heavy atom. The standard InChI is InChI=1S/C23H24N8O5S/c1-4-25-22(33)29-17-8-15(21-28-12(2)18(37-21)19(32)26-5-6-35-3)16(11-27-17)13-7-14(10-24-9-13)20-30-31-23(34)36-20/h7-11H,4-6H2,1-3H3,(H,26,32)(H,31,34)(H2,25,27,29,33). The molecule has 192 valence electrons. The maximum absolute atomic E-state index is 12.7. The lowest BCUT2D eigenvalue weighted by Crippen LogP contribution is -2.28. The average molecular weight is 525 g/mol. The van der Waals surface area contributed by atoms with Crippen molar-refractivity contribution < 1.29 is 18.7 Å². The Kier molecular flexibility index (Phi) is 8.00. The highest BCUT2D eigenvalue weighted by Gasteiger charge is 2.20. The van der Waals surface area contributed by atoms with Crippen molar-refractivity contribution in [1.82, 2.24) is 35.8 Å². The molecule has 0 aliphatic rings. The molecule has 37 heavy (non-hydrogen) atoms. The summed E-state index contributed by atoms with van der Waals surface area (Å²) in [6, 6.07) is 3.01. The molecule has 0 aliphatic heterocycles. The summed E-state index contributed by atoms with van der Waals surface area (Å²) in [5, 5.41) is 14.8. The van der Waals surface area contributed by atoms with Gasteiger partial charge in [-0.1, -0.05) is 0 Å². The van der Waals surface area contributed by atoms with Crippen LogP contribution in [0.3, 0.4) is 0 Å². The van der Waals surface area contributed by atoms with Crippen molar-refractivity contribution >= 4 is 29.1 Å². The molecule has 0 saturated heterocycles. The Morgan fingerprint density at radius 3 is 2.68 bits per heavy atom. The zero-order chi connectivity index (χ0) is 26.4. The number of aromatic amines is 1. The number of nitrogens with zero attached hydrogens (tertiary/aromatic N) is 4. The normalized spacial score (nSPS) is 10.8. The van der Waals surface area contributed by atoms with Crippen molar-refractivity contribution in [2.45, 2.75) is 13.8 Å². The Hall–Kier alpha value is -4.43. The fraction of sp³-hybridized carbons (Fsp3) is 0.261. The van der Waals surface area contributed by atoms with Gasteiger partial charge in [-0.05, 0) is 26.0 Å². The van der Waals surface area contributed by atoms with Gasteiger partial charge in [0.25, 0.3) is 11.8 Å². The minimum absolute atomic E-state index is 0.0866. The molecule has 4 rings (SSSR count). The molecule has 0 bridgehead atoms. The Morgan fingerprint density at radius 2 is 1.95 bits per heavy atom. The predicted octanol–water partition coefficient (Wildman–Crippen LogP) is 2.44. The second-order valence-electron chi connectivity index (χ2n) is 7.66. The molecule has 13 nitrogen and oxygen atoms in total. The first-order chi connectivity index (χ1) is 17.9. The number of amides is 3. The van der Waals surface area contributed by atoms with E-state index in [-0.39, 0.29) is 11.8 Å². The zero-order valence-corrected chi connectivity index (χ0v) is 21.1. The number of carbonyl (C=O) groups is 2. The Balaban J connectivity index is 1.77. The number of ether oxygens (including phenoxy) is 1. The average Bonchev–Trinajstić information content (AvgIpc) is 3.50. The van der Waals surface area contributed by atoms with Crippen LogP contribution in [0.25, 0.3) is 33.2 Å². The van der Waals surface area contributed by atoms with Gasteiger partial charge in [-0.3, -0.25) is 15.1 Å². The number of aromatic nitrogens is 5. The number of aryl methyl sites for hydroxylation is 1. The van der Waals surface area contributed by atoms with Crippen LogP contribution in [0.4, 0.5) is 10.6 Å². The number of carbonyl (C=O) groups excluding carboxylic acids is 2. The third-order valence-corrected chi connectivity index (χ3v) is 6.23. The molecule has 0 unspecified atom stereocenters. The fourth-order valence-corrected chi connectivity index (χ4v) is 4.39. The number of H-pyrrole nitrogens is 1. The van der Waals surface area contributed by atoms with Gasteiger partial charge < -0.3 is 19.8 Å². The molecule has 4 aromatic heterocycles. The summed E-state index contributed by atoms with van der Waals surface area (Å²) in [5.74, 6) is -0.556. The lowest BCUT2D eigenvalue weighted by atomic mass is 10.0. The molecule has 0 fully saturated rings. The molecule has 0 aromatic carbocycles. The molecular weight excluding hydrogens is 500 g/mol. The van der Waals surface area contributed by atoms with Crippen LogP contribution >= 0.6 is 11.3 Å². The highest BCUT2D eigenvalue weighted by molar-refractivity contribution is 7.17. The van der Waals surface area contributed by atoms with Crippen molar-refractivity contribution in [2.24, 2.45) is 0 Å². The van der Waals surface area contributed by atoms with Crippen molar-refractivity contribution in [3.05, 3.63) is 51.8 Å². The number of urea groups is 1. The molecule has 4 N–H and O–H groups in total. The highest BCUT2D eigenvalue weighted by Crippen LogP contribution is 2.37. The molecule has 14 heteroatoms. The minimum Gasteiger partial charge on any atom is -0.388 e. The van der Waals surface area contributed by atoms with Gasteiger partial charge in [0.15, 0.2) is 0 Å². The van der Waals surface area contributed by atoms with Crippen molar-refractivity contribution in [3.8, 4) is 33.2 Å². The number of hydrogen-bond acceptors (Lipinski definition) is 10. The molecule has 4 aromatic rings. The third kappa shape index (κ3) is 6.05. The first-order valence-electron chi connectivity index (χ1n) is 11.2. The summed E-state index contributed by atoms with van der Waals surface area (Å²) in [6.07, 6.45) is 4.70. The Bertz CT molecular complexity index is 1480.